The van der Waals surface area contributed by atoms with Gasteiger partial charge in [0.25, 0.3) is 0 Å². The number of rotatable bonds is 7. The highest BCUT2D eigenvalue weighted by atomic mass is 32.1. The number of ether oxygens (including phenoxy) is 1. The fraction of sp³-hybridized carbons (Fsp3) is 0.167. The molecule has 4 rings (SSSR count). The minimum absolute atomic E-state index is 0.580. The molecule has 0 radical (unpaired) electrons. The first-order valence-corrected chi connectivity index (χ1v) is 10.1. The molecule has 0 spiro atoms. The van der Waals surface area contributed by atoms with Crippen molar-refractivity contribution in [3.05, 3.63) is 99.7 Å². The van der Waals surface area contributed by atoms with Gasteiger partial charge in [-0.15, -0.1) is 11.3 Å². The summed E-state index contributed by atoms with van der Waals surface area (Å²) in [6.07, 6.45) is 0. The molecule has 0 unspecified atom stereocenters. The predicted molar refractivity (Wildman–Crippen MR) is 114 cm³/mol. The third kappa shape index (κ3) is 4.38. The molecular weight excluding hydrogens is 350 g/mol. The van der Waals surface area contributed by atoms with Crippen LogP contribution in [0.4, 0.5) is 0 Å². The quantitative estimate of drug-likeness (QED) is 0.424. The molecule has 27 heavy (non-hydrogen) atoms. The lowest BCUT2D eigenvalue weighted by Gasteiger charge is -2.15. The first-order valence-electron chi connectivity index (χ1n) is 9.22. The van der Waals surface area contributed by atoms with Gasteiger partial charge in [0, 0.05) is 23.5 Å². The number of benzene rings is 3. The molecule has 1 heterocycles. The lowest BCUT2D eigenvalue weighted by atomic mass is 10.0. The summed E-state index contributed by atoms with van der Waals surface area (Å²) in [4.78, 5) is 1.34. The molecule has 0 atom stereocenters. The van der Waals surface area contributed by atoms with Crippen LogP contribution < -0.4 is 10.1 Å². The SMILES string of the molecule is Cc1ccc(COc2ccc3ccccc3c2CNCc2cccs2)cc1. The average Bonchev–Trinajstić information content (AvgIpc) is 3.22. The van der Waals surface area contributed by atoms with Gasteiger partial charge in [-0.05, 0) is 40.8 Å². The normalized spacial score (nSPS) is 11.0. The summed E-state index contributed by atoms with van der Waals surface area (Å²) in [5.74, 6) is 0.952. The molecule has 1 aromatic heterocycles. The van der Waals surface area contributed by atoms with Gasteiger partial charge in [0.1, 0.15) is 12.4 Å². The van der Waals surface area contributed by atoms with Crippen LogP contribution >= 0.6 is 11.3 Å². The number of fused-ring (bicyclic) bond motifs is 1. The molecule has 4 aromatic rings. The first-order chi connectivity index (χ1) is 13.3. The van der Waals surface area contributed by atoms with Gasteiger partial charge in [0.05, 0.1) is 0 Å². The van der Waals surface area contributed by atoms with Gasteiger partial charge in [0.2, 0.25) is 0 Å². The Morgan fingerprint density at radius 3 is 2.52 bits per heavy atom. The zero-order valence-electron chi connectivity index (χ0n) is 15.4. The van der Waals surface area contributed by atoms with Crippen LogP contribution in [-0.2, 0) is 19.7 Å². The standard InChI is InChI=1S/C24H23NOS/c1-18-8-10-19(11-9-18)17-26-24-13-12-20-5-2-3-7-22(20)23(24)16-25-15-21-6-4-14-27-21/h2-14,25H,15-17H2,1H3. The first kappa shape index (κ1) is 17.8. The molecule has 0 amide bonds. The largest absolute Gasteiger partial charge is 0.489 e. The Bertz CT molecular complexity index is 1010. The summed E-state index contributed by atoms with van der Waals surface area (Å²) in [5.41, 5.74) is 3.67. The number of nitrogens with one attached hydrogen (secondary N) is 1. The average molecular weight is 374 g/mol. The van der Waals surface area contributed by atoms with Crippen LogP contribution in [0.1, 0.15) is 21.6 Å². The fourth-order valence-corrected chi connectivity index (χ4v) is 3.88. The molecule has 136 valence electrons. The number of aryl methyl sites for hydroxylation is 1. The van der Waals surface area contributed by atoms with Crippen LogP contribution in [0, 0.1) is 6.92 Å². The van der Waals surface area contributed by atoms with Gasteiger partial charge >= 0.3 is 0 Å². The Morgan fingerprint density at radius 2 is 1.70 bits per heavy atom. The summed E-state index contributed by atoms with van der Waals surface area (Å²) in [7, 11) is 0. The van der Waals surface area contributed by atoms with Gasteiger partial charge in [0.15, 0.2) is 0 Å². The van der Waals surface area contributed by atoms with Crippen molar-refractivity contribution >= 4 is 22.1 Å². The fourth-order valence-electron chi connectivity index (χ4n) is 3.20. The maximum Gasteiger partial charge on any atom is 0.124 e. The maximum atomic E-state index is 6.22. The lowest BCUT2D eigenvalue weighted by molar-refractivity contribution is 0.302. The smallest absolute Gasteiger partial charge is 0.124 e. The number of thiophene rings is 1. The molecule has 0 fully saturated rings. The van der Waals surface area contributed by atoms with E-state index in [-0.39, 0.29) is 0 Å². The van der Waals surface area contributed by atoms with Crippen molar-refractivity contribution in [1.29, 1.82) is 0 Å². The van der Waals surface area contributed by atoms with E-state index in [0.717, 1.165) is 18.8 Å². The van der Waals surface area contributed by atoms with E-state index in [1.165, 1.54) is 32.3 Å². The van der Waals surface area contributed by atoms with Crippen molar-refractivity contribution in [2.45, 2.75) is 26.6 Å². The summed E-state index contributed by atoms with van der Waals surface area (Å²) < 4.78 is 6.22. The highest BCUT2D eigenvalue weighted by molar-refractivity contribution is 7.09. The molecule has 0 bridgehead atoms. The molecule has 0 saturated heterocycles. The van der Waals surface area contributed by atoms with E-state index in [1.54, 1.807) is 11.3 Å². The van der Waals surface area contributed by atoms with E-state index >= 15 is 0 Å². The zero-order valence-corrected chi connectivity index (χ0v) is 16.3. The minimum atomic E-state index is 0.580. The van der Waals surface area contributed by atoms with E-state index < -0.39 is 0 Å². The molecule has 0 aliphatic heterocycles. The molecular formula is C24H23NOS. The van der Waals surface area contributed by atoms with E-state index in [1.807, 2.05) is 0 Å². The van der Waals surface area contributed by atoms with Crippen molar-refractivity contribution in [2.75, 3.05) is 0 Å². The minimum Gasteiger partial charge on any atom is -0.489 e. The van der Waals surface area contributed by atoms with Crippen molar-refractivity contribution in [1.82, 2.24) is 5.32 Å². The van der Waals surface area contributed by atoms with E-state index in [4.69, 9.17) is 4.74 Å². The Kier molecular flexibility index (Phi) is 5.52. The molecule has 3 heteroatoms. The Hall–Kier alpha value is -2.62. The van der Waals surface area contributed by atoms with Crippen LogP contribution in [0.3, 0.4) is 0 Å². The van der Waals surface area contributed by atoms with E-state index in [9.17, 15) is 0 Å². The zero-order chi connectivity index (χ0) is 18.5. The highest BCUT2D eigenvalue weighted by Crippen LogP contribution is 2.29. The van der Waals surface area contributed by atoms with Crippen LogP contribution in [0.5, 0.6) is 5.75 Å². The molecule has 0 saturated carbocycles. The third-order valence-corrected chi connectivity index (χ3v) is 5.57. The Balaban J connectivity index is 1.55. The van der Waals surface area contributed by atoms with Crippen molar-refractivity contribution in [3.8, 4) is 5.75 Å². The van der Waals surface area contributed by atoms with Crippen molar-refractivity contribution < 1.29 is 4.74 Å². The van der Waals surface area contributed by atoms with Gasteiger partial charge in [-0.3, -0.25) is 0 Å². The highest BCUT2D eigenvalue weighted by Gasteiger charge is 2.09. The summed E-state index contributed by atoms with van der Waals surface area (Å²) in [6.45, 7) is 4.34. The topological polar surface area (TPSA) is 21.3 Å². The van der Waals surface area contributed by atoms with E-state index in [2.05, 4.69) is 90.4 Å². The van der Waals surface area contributed by atoms with E-state index in [0.29, 0.717) is 6.61 Å². The molecule has 1 N–H and O–H groups in total. The van der Waals surface area contributed by atoms with Crippen LogP contribution in [-0.4, -0.2) is 0 Å². The third-order valence-electron chi connectivity index (χ3n) is 4.69. The second kappa shape index (κ2) is 8.38. The second-order valence-corrected chi connectivity index (χ2v) is 7.75. The second-order valence-electron chi connectivity index (χ2n) is 6.72. The molecule has 2 nitrogen and oxygen atoms in total. The van der Waals surface area contributed by atoms with Crippen LogP contribution in [0.2, 0.25) is 0 Å². The van der Waals surface area contributed by atoms with Crippen LogP contribution in [0.15, 0.2) is 78.2 Å². The van der Waals surface area contributed by atoms with Crippen molar-refractivity contribution in [2.24, 2.45) is 0 Å². The summed E-state index contributed by atoms with van der Waals surface area (Å²) in [5, 5.41) is 8.18. The summed E-state index contributed by atoms with van der Waals surface area (Å²) in [6, 6.07) is 25.5. The summed E-state index contributed by atoms with van der Waals surface area (Å²) >= 11 is 1.78. The lowest BCUT2D eigenvalue weighted by Crippen LogP contribution is -2.13. The molecule has 0 aliphatic rings. The maximum absolute atomic E-state index is 6.22. The van der Waals surface area contributed by atoms with Crippen LogP contribution in [0.25, 0.3) is 10.8 Å². The van der Waals surface area contributed by atoms with Gasteiger partial charge in [-0.2, -0.15) is 0 Å². The Labute approximate surface area is 164 Å². The molecule has 0 aliphatic carbocycles. The predicted octanol–water partition coefficient (Wildman–Crippen LogP) is 6.08. The van der Waals surface area contributed by atoms with Crippen molar-refractivity contribution in [3.63, 3.8) is 0 Å². The monoisotopic (exact) mass is 373 g/mol. The van der Waals surface area contributed by atoms with Gasteiger partial charge in [-0.25, -0.2) is 0 Å². The van der Waals surface area contributed by atoms with Gasteiger partial charge in [-0.1, -0.05) is 66.2 Å². The number of hydrogen-bond acceptors (Lipinski definition) is 3. The number of hydrogen-bond donors (Lipinski definition) is 1. The Morgan fingerprint density at radius 1 is 0.852 bits per heavy atom. The van der Waals surface area contributed by atoms with Gasteiger partial charge < -0.3 is 10.1 Å². The molecule has 3 aromatic carbocycles.